The molecule has 0 aromatic carbocycles. The third-order valence-corrected chi connectivity index (χ3v) is 13.4. The fraction of sp³-hybridized carbons (Fsp3) is 1.00. The zero-order valence-corrected chi connectivity index (χ0v) is 19.5. The lowest BCUT2D eigenvalue weighted by Gasteiger charge is -2.20. The molecule has 7 heteroatoms. The van der Waals surface area contributed by atoms with Crippen LogP contribution in [-0.2, 0) is 16.9 Å². The minimum absolute atomic E-state index is 0.458. The first-order valence-corrected chi connectivity index (χ1v) is 14.6. The molecule has 0 aromatic rings. The Hall–Kier alpha value is 0.935. The van der Waals surface area contributed by atoms with Gasteiger partial charge >= 0.3 is 39.4 Å². The molecule has 0 fully saturated rings. The van der Waals surface area contributed by atoms with Crippen molar-refractivity contribution < 1.29 is 14.9 Å². The Labute approximate surface area is 154 Å². The summed E-state index contributed by atoms with van der Waals surface area (Å²) in [5.74, 6) is 1.83. The van der Waals surface area contributed by atoms with E-state index in [0.29, 0.717) is 23.7 Å². The molecule has 0 unspecified atom stereocenters. The molecule has 0 rings (SSSR count). The second-order valence-electron chi connectivity index (χ2n) is 8.36. The first-order valence-electron chi connectivity index (χ1n) is 9.02. The SMILES string of the molecule is CC(C)[CH2][Al]([CH2]C(C)C)[O]S(=O)(=O)[O][Al]([CH2]C(C)C)[CH2]C(C)C. The van der Waals surface area contributed by atoms with Crippen molar-refractivity contribution in [3.8, 4) is 0 Å². The zero-order chi connectivity index (χ0) is 18.2. The third-order valence-electron chi connectivity index (χ3n) is 3.45. The summed E-state index contributed by atoms with van der Waals surface area (Å²) in [4.78, 5) is 0. The van der Waals surface area contributed by atoms with E-state index in [0.717, 1.165) is 21.1 Å². The van der Waals surface area contributed by atoms with Gasteiger partial charge in [0.2, 0.25) is 0 Å². The third kappa shape index (κ3) is 13.9. The maximum absolute atomic E-state index is 12.4. The summed E-state index contributed by atoms with van der Waals surface area (Å²) in [5.41, 5.74) is 0. The highest BCUT2D eigenvalue weighted by atomic mass is 32.3. The van der Waals surface area contributed by atoms with E-state index >= 15 is 0 Å². The minimum Gasteiger partial charge on any atom is -0.379 e. The first-order chi connectivity index (χ1) is 10.4. The lowest BCUT2D eigenvalue weighted by molar-refractivity contribution is 0.386. The maximum Gasteiger partial charge on any atom is 0.488 e. The highest BCUT2D eigenvalue weighted by Gasteiger charge is 2.34. The molecule has 0 aliphatic heterocycles. The van der Waals surface area contributed by atoms with E-state index in [4.69, 9.17) is 6.47 Å². The van der Waals surface area contributed by atoms with E-state index < -0.39 is 39.4 Å². The Morgan fingerprint density at radius 1 is 0.609 bits per heavy atom. The Kier molecular flexibility index (Phi) is 12.0. The van der Waals surface area contributed by atoms with Crippen LogP contribution in [0.25, 0.3) is 0 Å². The predicted octanol–water partition coefficient (Wildman–Crippen LogP) is 4.87. The van der Waals surface area contributed by atoms with E-state index in [1.807, 2.05) is 0 Å². The van der Waals surface area contributed by atoms with Crippen molar-refractivity contribution in [1.29, 1.82) is 0 Å². The van der Waals surface area contributed by atoms with Crippen molar-refractivity contribution in [3.05, 3.63) is 0 Å². The van der Waals surface area contributed by atoms with Gasteiger partial charge in [-0.25, -0.2) is 0 Å². The average Bonchev–Trinajstić information content (AvgIpc) is 2.22. The van der Waals surface area contributed by atoms with Crippen LogP contribution in [-0.4, -0.2) is 37.4 Å². The van der Waals surface area contributed by atoms with Gasteiger partial charge < -0.3 is 6.47 Å². The van der Waals surface area contributed by atoms with Gasteiger partial charge in [0.25, 0.3) is 0 Å². The van der Waals surface area contributed by atoms with Crippen LogP contribution >= 0.6 is 0 Å². The standard InChI is InChI=1S/4C4H9.2Al.H2O4S/c4*1-4(2)3;;;1-5(2,3)4/h4*4H,1H2,2-3H3;;;(H2,1,2,3,4)/q;;;;2*+1;/p-2. The van der Waals surface area contributed by atoms with Crippen LogP contribution in [0.3, 0.4) is 0 Å². The largest absolute Gasteiger partial charge is 0.488 e. The molecule has 0 saturated carbocycles. The van der Waals surface area contributed by atoms with Gasteiger partial charge in [0, 0.05) is 0 Å². The topological polar surface area (TPSA) is 52.6 Å². The van der Waals surface area contributed by atoms with Gasteiger partial charge in [0.05, 0.1) is 0 Å². The summed E-state index contributed by atoms with van der Waals surface area (Å²) < 4.78 is 36.0. The van der Waals surface area contributed by atoms with E-state index in [1.165, 1.54) is 0 Å². The lowest BCUT2D eigenvalue weighted by atomic mass is 10.3. The molecule has 0 N–H and O–H groups in total. The Morgan fingerprint density at radius 2 is 0.826 bits per heavy atom. The fourth-order valence-corrected chi connectivity index (χ4v) is 11.9. The molecule has 0 heterocycles. The molecule has 0 radical (unpaired) electrons. The van der Waals surface area contributed by atoms with Crippen LogP contribution < -0.4 is 0 Å². The van der Waals surface area contributed by atoms with E-state index in [1.54, 1.807) is 0 Å². The summed E-state index contributed by atoms with van der Waals surface area (Å²) in [5, 5.41) is 3.51. The van der Waals surface area contributed by atoms with Crippen molar-refractivity contribution in [2.45, 2.75) is 76.5 Å². The van der Waals surface area contributed by atoms with Crippen LogP contribution in [0.4, 0.5) is 0 Å². The molecule has 0 spiro atoms. The van der Waals surface area contributed by atoms with E-state index in [-0.39, 0.29) is 0 Å². The molecule has 23 heavy (non-hydrogen) atoms. The van der Waals surface area contributed by atoms with Gasteiger partial charge in [0.15, 0.2) is 0 Å². The summed E-state index contributed by atoms with van der Waals surface area (Å²) in [6.45, 7) is 16.9. The quantitative estimate of drug-likeness (QED) is 0.455. The van der Waals surface area contributed by atoms with Crippen molar-refractivity contribution in [2.75, 3.05) is 0 Å². The summed E-state index contributed by atoms with van der Waals surface area (Å²) in [7, 11) is -3.84. The van der Waals surface area contributed by atoms with Crippen LogP contribution in [0, 0.1) is 23.7 Å². The van der Waals surface area contributed by atoms with Gasteiger partial charge in [0.1, 0.15) is 0 Å². The van der Waals surface area contributed by atoms with Gasteiger partial charge in [-0.15, -0.1) is 0 Å². The Balaban J connectivity index is 4.88. The number of hydrogen-bond acceptors (Lipinski definition) is 4. The van der Waals surface area contributed by atoms with Crippen LogP contribution in [0.2, 0.25) is 21.1 Å². The second-order valence-corrected chi connectivity index (χ2v) is 15.1. The van der Waals surface area contributed by atoms with Crippen molar-refractivity contribution in [2.24, 2.45) is 23.7 Å². The Morgan fingerprint density at radius 3 is 1.00 bits per heavy atom. The first kappa shape index (κ1) is 23.9. The molecular formula is C16H36Al2O4S. The average molecular weight is 378 g/mol. The molecule has 0 aromatic heterocycles. The molecule has 136 valence electrons. The highest BCUT2D eigenvalue weighted by Crippen LogP contribution is 2.21. The van der Waals surface area contributed by atoms with E-state index in [2.05, 4.69) is 55.4 Å². The molecule has 0 bridgehead atoms. The zero-order valence-electron chi connectivity index (χ0n) is 16.3. The Bertz CT molecular complexity index is 356. The van der Waals surface area contributed by atoms with Gasteiger partial charge in [-0.3, -0.25) is 0 Å². The van der Waals surface area contributed by atoms with E-state index in [9.17, 15) is 8.42 Å². The van der Waals surface area contributed by atoms with Gasteiger partial charge in [-0.2, -0.15) is 8.42 Å². The highest BCUT2D eigenvalue weighted by molar-refractivity contribution is 7.83. The fourth-order valence-electron chi connectivity index (χ4n) is 2.81. The number of hydrogen-bond donors (Lipinski definition) is 0. The molecule has 0 aliphatic carbocycles. The van der Waals surface area contributed by atoms with Gasteiger partial charge in [-0.05, 0) is 0 Å². The van der Waals surface area contributed by atoms with Crippen molar-refractivity contribution in [3.63, 3.8) is 0 Å². The molecule has 0 atom stereocenters. The lowest BCUT2D eigenvalue weighted by Crippen LogP contribution is -2.32. The van der Waals surface area contributed by atoms with Crippen LogP contribution in [0.1, 0.15) is 55.4 Å². The molecule has 0 saturated heterocycles. The second kappa shape index (κ2) is 11.5. The van der Waals surface area contributed by atoms with Crippen LogP contribution in [0.5, 0.6) is 0 Å². The summed E-state index contributed by atoms with van der Waals surface area (Å²) in [6.07, 6.45) is 0. The summed E-state index contributed by atoms with van der Waals surface area (Å²) >= 11 is -3.59. The van der Waals surface area contributed by atoms with Crippen molar-refractivity contribution >= 4 is 39.4 Å². The number of rotatable bonds is 12. The molecule has 0 aliphatic rings. The molecular weight excluding hydrogens is 342 g/mol. The molecule has 0 amide bonds. The van der Waals surface area contributed by atoms with Gasteiger partial charge in [-0.1, -0.05) is 100 Å². The maximum atomic E-state index is 12.4. The minimum atomic E-state index is -3.84. The predicted molar refractivity (Wildman–Crippen MR) is 101 cm³/mol. The normalized spacial score (nSPS) is 12.7. The smallest absolute Gasteiger partial charge is 0.379 e. The molecule has 4 nitrogen and oxygen atoms in total. The summed E-state index contributed by atoms with van der Waals surface area (Å²) in [6, 6.07) is 0. The van der Waals surface area contributed by atoms with Crippen LogP contribution in [0.15, 0.2) is 0 Å². The van der Waals surface area contributed by atoms with Crippen molar-refractivity contribution in [1.82, 2.24) is 0 Å². The monoisotopic (exact) mass is 378 g/mol.